The van der Waals surface area contributed by atoms with Gasteiger partial charge in [-0.15, -0.1) is 0 Å². The Morgan fingerprint density at radius 1 is 0.867 bits per heavy atom. The molecule has 0 aliphatic rings. The summed E-state index contributed by atoms with van der Waals surface area (Å²) in [6.45, 7) is 0.351. The molecule has 30 heavy (non-hydrogen) atoms. The molecule has 0 amide bonds. The molecule has 1 N–H and O–H groups in total. The van der Waals surface area contributed by atoms with Crippen molar-refractivity contribution in [3.63, 3.8) is 0 Å². The first-order chi connectivity index (χ1) is 14.6. The molecule has 0 spiro atoms. The molecule has 152 valence electrons. The lowest BCUT2D eigenvalue weighted by Gasteiger charge is -2.11. The zero-order valence-electron chi connectivity index (χ0n) is 15.8. The van der Waals surface area contributed by atoms with Crippen LogP contribution in [0.5, 0.6) is 10.8 Å². The van der Waals surface area contributed by atoms with Crippen molar-refractivity contribution >= 4 is 40.2 Å². The normalized spacial score (nSPS) is 11.6. The molecular formula is C23H18Cl2N2O2S. The van der Waals surface area contributed by atoms with Crippen molar-refractivity contribution in [3.8, 4) is 22.1 Å². The van der Waals surface area contributed by atoms with Crippen LogP contribution in [0.1, 0.15) is 0 Å². The first-order valence-electron chi connectivity index (χ1n) is 9.27. The van der Waals surface area contributed by atoms with Crippen LogP contribution in [0.3, 0.4) is 0 Å². The molecular weight excluding hydrogens is 439 g/mol. The molecule has 0 saturated carbocycles. The summed E-state index contributed by atoms with van der Waals surface area (Å²) >= 11 is 13.5. The second kappa shape index (κ2) is 9.49. The summed E-state index contributed by atoms with van der Waals surface area (Å²) in [5.74, 6) is 0.665. The van der Waals surface area contributed by atoms with Gasteiger partial charge in [0, 0.05) is 22.2 Å². The number of halogens is 2. The highest BCUT2D eigenvalue weighted by atomic mass is 35.5. The number of hydrogen-bond donors (Lipinski definition) is 1. The number of para-hydroxylation sites is 1. The predicted octanol–water partition coefficient (Wildman–Crippen LogP) is 6.54. The first kappa shape index (κ1) is 20.7. The van der Waals surface area contributed by atoms with Gasteiger partial charge < -0.3 is 14.4 Å². The van der Waals surface area contributed by atoms with Gasteiger partial charge in [0.1, 0.15) is 11.4 Å². The maximum atomic E-state index is 9.72. The predicted molar refractivity (Wildman–Crippen MR) is 123 cm³/mol. The Kier molecular flexibility index (Phi) is 6.55. The van der Waals surface area contributed by atoms with Crippen LogP contribution in [0.15, 0.2) is 83.9 Å². The minimum absolute atomic E-state index is 0.0281. The second-order valence-corrected chi connectivity index (χ2v) is 8.22. The van der Waals surface area contributed by atoms with Crippen molar-refractivity contribution in [1.82, 2.24) is 4.57 Å². The van der Waals surface area contributed by atoms with Gasteiger partial charge in [-0.2, -0.15) is 0 Å². The minimum Gasteiger partial charge on any atom is -0.444 e. The van der Waals surface area contributed by atoms with E-state index in [1.807, 2.05) is 71.3 Å². The van der Waals surface area contributed by atoms with Gasteiger partial charge in [0.25, 0.3) is 0 Å². The van der Waals surface area contributed by atoms with Gasteiger partial charge in [-0.1, -0.05) is 64.9 Å². The van der Waals surface area contributed by atoms with Gasteiger partial charge in [-0.25, -0.2) is 4.99 Å². The summed E-state index contributed by atoms with van der Waals surface area (Å²) < 4.78 is 8.18. The molecule has 4 rings (SSSR count). The van der Waals surface area contributed by atoms with Gasteiger partial charge in [0.05, 0.1) is 12.3 Å². The van der Waals surface area contributed by atoms with Crippen LogP contribution in [0.25, 0.3) is 11.3 Å². The number of rotatable bonds is 6. The van der Waals surface area contributed by atoms with Crippen LogP contribution >= 0.6 is 34.5 Å². The molecule has 3 aromatic carbocycles. The third kappa shape index (κ3) is 4.77. The van der Waals surface area contributed by atoms with Crippen molar-refractivity contribution in [2.45, 2.75) is 6.54 Å². The average Bonchev–Trinajstić information content (AvgIpc) is 3.08. The molecule has 0 unspecified atom stereocenters. The number of nitrogens with zero attached hydrogens (tertiary/aromatic N) is 2. The van der Waals surface area contributed by atoms with Gasteiger partial charge in [0.2, 0.25) is 5.06 Å². The Morgan fingerprint density at radius 3 is 2.13 bits per heavy atom. The quantitative estimate of drug-likeness (QED) is 0.357. The van der Waals surface area contributed by atoms with Gasteiger partial charge >= 0.3 is 0 Å². The van der Waals surface area contributed by atoms with Crippen LogP contribution < -0.4 is 9.54 Å². The van der Waals surface area contributed by atoms with Gasteiger partial charge in [0.15, 0.2) is 4.80 Å². The lowest BCUT2D eigenvalue weighted by Crippen LogP contribution is -2.17. The third-order valence-corrected chi connectivity index (χ3v) is 5.78. The summed E-state index contributed by atoms with van der Waals surface area (Å²) in [6, 6.07) is 24.4. The van der Waals surface area contributed by atoms with Crippen LogP contribution in [0.4, 0.5) is 5.69 Å². The molecule has 1 heterocycles. The Labute approximate surface area is 188 Å². The van der Waals surface area contributed by atoms with E-state index in [1.54, 1.807) is 12.1 Å². The van der Waals surface area contributed by atoms with E-state index < -0.39 is 0 Å². The maximum absolute atomic E-state index is 9.72. The highest BCUT2D eigenvalue weighted by Gasteiger charge is 2.18. The fraction of sp³-hybridized carbons (Fsp3) is 0.0870. The highest BCUT2D eigenvalue weighted by molar-refractivity contribution is 7.11. The fourth-order valence-corrected chi connectivity index (χ4v) is 4.28. The standard InChI is InChI=1S/C23H18Cl2N2O2S/c24-17-8-6-16(7-9-17)21-22(29-20-12-10-18(25)11-13-20)30-23(27(21)14-15-28)26-19-4-2-1-3-5-19/h1-13,28H,14-15H2. The molecule has 4 aromatic rings. The summed E-state index contributed by atoms with van der Waals surface area (Å²) in [6.07, 6.45) is 0. The van der Waals surface area contributed by atoms with Gasteiger partial charge in [-0.3, -0.25) is 0 Å². The topological polar surface area (TPSA) is 46.8 Å². The summed E-state index contributed by atoms with van der Waals surface area (Å²) in [5.41, 5.74) is 2.57. The third-order valence-electron chi connectivity index (χ3n) is 4.32. The molecule has 0 bridgehead atoms. The molecule has 7 heteroatoms. The molecule has 0 fully saturated rings. The number of benzene rings is 3. The smallest absolute Gasteiger partial charge is 0.208 e. The minimum atomic E-state index is -0.0281. The van der Waals surface area contributed by atoms with E-state index in [4.69, 9.17) is 32.9 Å². The summed E-state index contributed by atoms with van der Waals surface area (Å²) in [4.78, 5) is 5.51. The number of aliphatic hydroxyl groups is 1. The van der Waals surface area contributed by atoms with Crippen LogP contribution in [-0.2, 0) is 6.54 Å². The zero-order valence-corrected chi connectivity index (χ0v) is 18.2. The number of thiazole rings is 1. The lowest BCUT2D eigenvalue weighted by atomic mass is 10.1. The molecule has 0 atom stereocenters. The number of aromatic nitrogens is 1. The Bertz CT molecular complexity index is 1180. The Morgan fingerprint density at radius 2 is 1.50 bits per heavy atom. The first-order valence-corrected chi connectivity index (χ1v) is 10.8. The molecule has 0 radical (unpaired) electrons. The molecule has 4 nitrogen and oxygen atoms in total. The molecule has 0 aliphatic heterocycles. The average molecular weight is 457 g/mol. The Hall–Kier alpha value is -2.57. The summed E-state index contributed by atoms with van der Waals surface area (Å²) in [7, 11) is 0. The highest BCUT2D eigenvalue weighted by Crippen LogP contribution is 2.37. The van der Waals surface area contributed by atoms with E-state index in [1.165, 1.54) is 11.3 Å². The Balaban J connectivity index is 1.90. The zero-order chi connectivity index (χ0) is 20.9. The van der Waals surface area contributed by atoms with Crippen molar-refractivity contribution in [2.75, 3.05) is 6.61 Å². The SMILES string of the molecule is OCCn1c(-c2ccc(Cl)cc2)c(Oc2ccc(Cl)cc2)sc1=Nc1ccccc1. The molecule has 0 aliphatic carbocycles. The van der Waals surface area contributed by atoms with Crippen molar-refractivity contribution < 1.29 is 9.84 Å². The largest absolute Gasteiger partial charge is 0.444 e. The number of hydrogen-bond acceptors (Lipinski definition) is 4. The maximum Gasteiger partial charge on any atom is 0.208 e. The lowest BCUT2D eigenvalue weighted by molar-refractivity contribution is 0.275. The van der Waals surface area contributed by atoms with Crippen molar-refractivity contribution in [1.29, 1.82) is 0 Å². The fourth-order valence-electron chi connectivity index (χ4n) is 2.96. The van der Waals surface area contributed by atoms with Crippen molar-refractivity contribution in [2.24, 2.45) is 4.99 Å². The van der Waals surface area contributed by atoms with E-state index in [0.717, 1.165) is 21.7 Å². The summed E-state index contributed by atoms with van der Waals surface area (Å²) in [5, 5.41) is 11.7. The van der Waals surface area contributed by atoms with E-state index in [9.17, 15) is 5.11 Å². The van der Waals surface area contributed by atoms with E-state index in [0.29, 0.717) is 27.4 Å². The number of aliphatic hydroxyl groups excluding tert-OH is 1. The van der Waals surface area contributed by atoms with Crippen LogP contribution in [-0.4, -0.2) is 16.3 Å². The second-order valence-electron chi connectivity index (χ2n) is 6.41. The number of ether oxygens (including phenoxy) is 1. The monoisotopic (exact) mass is 456 g/mol. The van der Waals surface area contributed by atoms with Crippen LogP contribution in [0, 0.1) is 0 Å². The van der Waals surface area contributed by atoms with E-state index >= 15 is 0 Å². The van der Waals surface area contributed by atoms with Gasteiger partial charge in [-0.05, 0) is 48.5 Å². The van der Waals surface area contributed by atoms with E-state index in [2.05, 4.69) is 0 Å². The molecule has 0 saturated heterocycles. The molecule has 1 aromatic heterocycles. The van der Waals surface area contributed by atoms with Crippen LogP contribution in [0.2, 0.25) is 10.0 Å². The van der Waals surface area contributed by atoms with Crippen molar-refractivity contribution in [3.05, 3.63) is 93.7 Å². The van der Waals surface area contributed by atoms with E-state index in [-0.39, 0.29) is 6.61 Å².